The summed E-state index contributed by atoms with van der Waals surface area (Å²) in [6, 6.07) is 2.94. The first-order valence-electron chi connectivity index (χ1n) is 4.54. The fourth-order valence-corrected chi connectivity index (χ4v) is 2.17. The van der Waals surface area contributed by atoms with E-state index in [4.69, 9.17) is 5.11 Å². The Bertz CT molecular complexity index is 490. The van der Waals surface area contributed by atoms with E-state index in [1.165, 1.54) is 6.07 Å². The molecule has 0 aliphatic carbocycles. The maximum atomic E-state index is 13.3. The van der Waals surface area contributed by atoms with Crippen LogP contribution in [0.15, 0.2) is 23.1 Å². The average molecular weight is 269 g/mol. The summed E-state index contributed by atoms with van der Waals surface area (Å²) in [5, 5.41) is 8.70. The van der Waals surface area contributed by atoms with Crippen molar-refractivity contribution in [2.24, 2.45) is 0 Å². The van der Waals surface area contributed by atoms with Gasteiger partial charge in [0, 0.05) is 0 Å². The van der Waals surface area contributed by atoms with Crippen molar-refractivity contribution < 1.29 is 26.7 Å². The summed E-state index contributed by atoms with van der Waals surface area (Å²) in [5.41, 5.74) is 0.190. The lowest BCUT2D eigenvalue weighted by atomic mass is 10.2. The highest BCUT2D eigenvalue weighted by atomic mass is 32.2. The number of alkyl halides is 2. The predicted molar refractivity (Wildman–Crippen MR) is 53.5 cm³/mol. The molecule has 0 saturated carbocycles. The number of benzene rings is 1. The van der Waals surface area contributed by atoms with Crippen molar-refractivity contribution in [2.45, 2.75) is 17.9 Å². The first-order valence-corrected chi connectivity index (χ1v) is 6.02. The Kier molecular flexibility index (Phi) is 4.49. The van der Waals surface area contributed by atoms with Gasteiger partial charge in [-0.3, -0.25) is 0 Å². The van der Waals surface area contributed by atoms with E-state index in [1.807, 2.05) is 0 Å². The van der Waals surface area contributed by atoms with Crippen LogP contribution in [0.25, 0.3) is 0 Å². The number of sulfonamides is 1. The fourth-order valence-electron chi connectivity index (χ4n) is 1.11. The van der Waals surface area contributed by atoms with E-state index in [0.29, 0.717) is 0 Å². The molecule has 1 aromatic carbocycles. The average Bonchev–Trinajstić information content (AvgIpc) is 2.26. The maximum Gasteiger partial charge on any atom is 0.251 e. The van der Waals surface area contributed by atoms with Crippen LogP contribution >= 0.6 is 0 Å². The third-order valence-corrected chi connectivity index (χ3v) is 3.35. The number of hydrogen-bond acceptors (Lipinski definition) is 3. The van der Waals surface area contributed by atoms with Crippen molar-refractivity contribution in [3.63, 3.8) is 0 Å². The lowest BCUT2D eigenvalue weighted by Crippen LogP contribution is -2.29. The molecule has 4 nitrogen and oxygen atoms in total. The number of hydrogen-bond donors (Lipinski definition) is 2. The molecular formula is C9H10F3NO3S. The summed E-state index contributed by atoms with van der Waals surface area (Å²) < 4.78 is 61.4. The first-order chi connectivity index (χ1) is 7.86. The Balaban J connectivity index is 2.99. The zero-order valence-corrected chi connectivity index (χ0v) is 9.35. The van der Waals surface area contributed by atoms with E-state index in [-0.39, 0.29) is 5.56 Å². The van der Waals surface area contributed by atoms with Gasteiger partial charge in [-0.1, -0.05) is 6.07 Å². The Morgan fingerprint density at radius 1 is 1.35 bits per heavy atom. The zero-order chi connectivity index (χ0) is 13.1. The van der Waals surface area contributed by atoms with Gasteiger partial charge in [-0.15, -0.1) is 0 Å². The van der Waals surface area contributed by atoms with E-state index in [2.05, 4.69) is 0 Å². The van der Waals surface area contributed by atoms with E-state index in [0.717, 1.165) is 12.1 Å². The lowest BCUT2D eigenvalue weighted by Gasteiger charge is -2.07. The Hall–Kier alpha value is -1.12. The van der Waals surface area contributed by atoms with E-state index >= 15 is 0 Å². The van der Waals surface area contributed by atoms with Crippen LogP contribution in [0, 0.1) is 5.82 Å². The molecule has 0 unspecified atom stereocenters. The number of aliphatic hydroxyl groups excluding tert-OH is 1. The molecule has 17 heavy (non-hydrogen) atoms. The number of nitrogens with one attached hydrogen (secondary N) is 1. The minimum atomic E-state index is -4.30. The Labute approximate surface area is 96.1 Å². The molecule has 0 heterocycles. The van der Waals surface area contributed by atoms with Gasteiger partial charge in [-0.05, 0) is 17.7 Å². The molecule has 0 amide bonds. The topological polar surface area (TPSA) is 66.4 Å². The van der Waals surface area contributed by atoms with Gasteiger partial charge in [0.25, 0.3) is 6.43 Å². The quantitative estimate of drug-likeness (QED) is 0.833. The number of rotatable bonds is 5. The molecule has 0 atom stereocenters. The summed E-state index contributed by atoms with van der Waals surface area (Å²) in [7, 11) is -4.30. The molecule has 0 bridgehead atoms. The van der Waals surface area contributed by atoms with Crippen LogP contribution in [0.5, 0.6) is 0 Å². The van der Waals surface area contributed by atoms with Crippen molar-refractivity contribution >= 4 is 10.0 Å². The fraction of sp³-hybridized carbons (Fsp3) is 0.333. The molecule has 0 aliphatic rings. The molecule has 0 radical (unpaired) electrons. The third kappa shape index (κ3) is 3.69. The Morgan fingerprint density at radius 3 is 2.47 bits per heavy atom. The summed E-state index contributed by atoms with van der Waals surface area (Å²) >= 11 is 0. The molecule has 1 aromatic rings. The van der Waals surface area contributed by atoms with Crippen LogP contribution in [0.1, 0.15) is 5.56 Å². The van der Waals surface area contributed by atoms with Gasteiger partial charge in [0.2, 0.25) is 10.0 Å². The van der Waals surface area contributed by atoms with Crippen LogP contribution in [0.3, 0.4) is 0 Å². The van der Waals surface area contributed by atoms with Gasteiger partial charge in [0.05, 0.1) is 13.2 Å². The standard InChI is InChI=1S/C9H10F3NO3S/c10-7-3-6(5-14)1-2-8(7)17(15,16)13-4-9(11)12/h1-3,9,13-14H,4-5H2. The minimum Gasteiger partial charge on any atom is -0.392 e. The molecule has 96 valence electrons. The molecule has 0 aromatic heterocycles. The molecular weight excluding hydrogens is 259 g/mol. The van der Waals surface area contributed by atoms with Gasteiger partial charge in [0.15, 0.2) is 0 Å². The summed E-state index contributed by atoms with van der Waals surface area (Å²) in [4.78, 5) is -0.727. The van der Waals surface area contributed by atoms with Gasteiger partial charge >= 0.3 is 0 Å². The third-order valence-electron chi connectivity index (χ3n) is 1.90. The molecule has 0 fully saturated rings. The van der Waals surface area contributed by atoms with Crippen molar-refractivity contribution in [1.82, 2.24) is 4.72 Å². The van der Waals surface area contributed by atoms with Crippen LogP contribution in [0.4, 0.5) is 13.2 Å². The van der Waals surface area contributed by atoms with Crippen LogP contribution in [0.2, 0.25) is 0 Å². The van der Waals surface area contributed by atoms with E-state index in [1.54, 1.807) is 4.72 Å². The molecule has 0 saturated heterocycles. The highest BCUT2D eigenvalue weighted by Crippen LogP contribution is 2.16. The zero-order valence-electron chi connectivity index (χ0n) is 8.53. The number of aliphatic hydroxyl groups is 1. The second-order valence-corrected chi connectivity index (χ2v) is 4.90. The Morgan fingerprint density at radius 2 is 2.00 bits per heavy atom. The van der Waals surface area contributed by atoms with Crippen molar-refractivity contribution in [3.8, 4) is 0 Å². The molecule has 1 rings (SSSR count). The van der Waals surface area contributed by atoms with Crippen molar-refractivity contribution in [3.05, 3.63) is 29.6 Å². The first kappa shape index (κ1) is 13.9. The van der Waals surface area contributed by atoms with Crippen molar-refractivity contribution in [2.75, 3.05) is 6.54 Å². The van der Waals surface area contributed by atoms with Gasteiger partial charge in [-0.25, -0.2) is 26.3 Å². The normalized spacial score (nSPS) is 12.1. The maximum absolute atomic E-state index is 13.3. The number of halogens is 3. The SMILES string of the molecule is O=S(=O)(NCC(F)F)c1ccc(CO)cc1F. The molecule has 0 aliphatic heterocycles. The van der Waals surface area contributed by atoms with Crippen molar-refractivity contribution in [1.29, 1.82) is 0 Å². The van der Waals surface area contributed by atoms with Crippen LogP contribution < -0.4 is 4.72 Å². The summed E-state index contributed by atoms with van der Waals surface area (Å²) in [5.74, 6) is -1.10. The molecule has 8 heteroatoms. The minimum absolute atomic E-state index is 0.190. The van der Waals surface area contributed by atoms with Gasteiger partial charge < -0.3 is 5.11 Å². The van der Waals surface area contributed by atoms with Crippen LogP contribution in [-0.4, -0.2) is 26.5 Å². The smallest absolute Gasteiger partial charge is 0.251 e. The highest BCUT2D eigenvalue weighted by Gasteiger charge is 2.20. The van der Waals surface area contributed by atoms with Gasteiger partial charge in [0.1, 0.15) is 10.7 Å². The van der Waals surface area contributed by atoms with Crippen LogP contribution in [-0.2, 0) is 16.6 Å². The largest absolute Gasteiger partial charge is 0.392 e. The van der Waals surface area contributed by atoms with E-state index in [9.17, 15) is 21.6 Å². The molecule has 0 spiro atoms. The van der Waals surface area contributed by atoms with Gasteiger partial charge in [-0.2, -0.15) is 0 Å². The van der Waals surface area contributed by atoms with E-state index < -0.39 is 40.3 Å². The predicted octanol–water partition coefficient (Wildman–Crippen LogP) is 0.861. The monoisotopic (exact) mass is 269 g/mol. The summed E-state index contributed by atoms with van der Waals surface area (Å²) in [6.07, 6.45) is -2.86. The lowest BCUT2D eigenvalue weighted by molar-refractivity contribution is 0.153. The highest BCUT2D eigenvalue weighted by molar-refractivity contribution is 7.89. The second-order valence-electron chi connectivity index (χ2n) is 3.17. The second kappa shape index (κ2) is 5.48. The summed E-state index contributed by atoms with van der Waals surface area (Å²) in [6.45, 7) is -1.52. The molecule has 2 N–H and O–H groups in total.